The highest BCUT2D eigenvalue weighted by Crippen LogP contribution is 2.36. The van der Waals surface area contributed by atoms with Gasteiger partial charge in [0.05, 0.1) is 5.56 Å². The van der Waals surface area contributed by atoms with Crippen molar-refractivity contribution in [2.75, 3.05) is 31.1 Å². The second-order valence-electron chi connectivity index (χ2n) is 4.11. The van der Waals surface area contributed by atoms with Crippen LogP contribution in [-0.4, -0.2) is 31.2 Å². The topological polar surface area (TPSA) is 28.2 Å². The lowest BCUT2D eigenvalue weighted by atomic mass is 10.2. The fraction of sp³-hybridized carbons (Fsp3) is 0.545. The molecule has 0 aliphatic carbocycles. The molecule has 1 saturated heterocycles. The summed E-state index contributed by atoms with van der Waals surface area (Å²) in [7, 11) is 0. The van der Waals surface area contributed by atoms with Crippen molar-refractivity contribution in [3.8, 4) is 0 Å². The van der Waals surface area contributed by atoms with Gasteiger partial charge in [0.15, 0.2) is 0 Å². The molecule has 1 aromatic heterocycles. The van der Waals surface area contributed by atoms with Gasteiger partial charge in [0.1, 0.15) is 5.82 Å². The lowest BCUT2D eigenvalue weighted by Crippen LogP contribution is -2.30. The summed E-state index contributed by atoms with van der Waals surface area (Å²) >= 11 is 3.03. The Morgan fingerprint density at radius 2 is 2.06 bits per heavy atom. The normalized spacial score (nSPS) is 17.7. The Morgan fingerprint density at radius 1 is 1.28 bits per heavy atom. The van der Waals surface area contributed by atoms with Crippen molar-refractivity contribution >= 4 is 21.7 Å². The van der Waals surface area contributed by atoms with Crippen LogP contribution in [0.3, 0.4) is 0 Å². The number of nitrogens with zero attached hydrogens (tertiary/aromatic N) is 2. The van der Waals surface area contributed by atoms with E-state index in [4.69, 9.17) is 0 Å². The van der Waals surface area contributed by atoms with Crippen molar-refractivity contribution in [3.63, 3.8) is 0 Å². The Balaban J connectivity index is 2.36. The van der Waals surface area contributed by atoms with E-state index in [1.807, 2.05) is 0 Å². The van der Waals surface area contributed by atoms with E-state index in [9.17, 15) is 13.2 Å². The van der Waals surface area contributed by atoms with Gasteiger partial charge in [0.2, 0.25) is 0 Å². The highest BCUT2D eigenvalue weighted by Gasteiger charge is 2.36. The molecule has 0 atom stereocenters. The third kappa shape index (κ3) is 3.14. The van der Waals surface area contributed by atoms with Crippen molar-refractivity contribution in [1.29, 1.82) is 0 Å². The first-order chi connectivity index (χ1) is 8.48. The van der Waals surface area contributed by atoms with Gasteiger partial charge in [-0.2, -0.15) is 13.2 Å². The summed E-state index contributed by atoms with van der Waals surface area (Å²) in [5.74, 6) is 0.0226. The van der Waals surface area contributed by atoms with Crippen molar-refractivity contribution in [3.05, 3.63) is 22.3 Å². The van der Waals surface area contributed by atoms with E-state index in [2.05, 4.69) is 26.2 Å². The first-order valence-electron chi connectivity index (χ1n) is 5.67. The van der Waals surface area contributed by atoms with Gasteiger partial charge in [-0.25, -0.2) is 4.98 Å². The molecular weight excluding hydrogens is 311 g/mol. The minimum atomic E-state index is -4.38. The standard InChI is InChI=1S/C11H13BrF3N3/c12-8-6-9(11(13,14)15)10(17-7-8)18-4-1-2-16-3-5-18/h6-7,16H,1-5H2. The zero-order chi connectivity index (χ0) is 13.2. The number of nitrogens with one attached hydrogen (secondary N) is 1. The number of rotatable bonds is 1. The first kappa shape index (κ1) is 13.6. The Morgan fingerprint density at radius 3 is 2.78 bits per heavy atom. The number of hydrogen-bond acceptors (Lipinski definition) is 3. The number of anilines is 1. The van der Waals surface area contributed by atoms with Crippen LogP contribution in [0.5, 0.6) is 0 Å². The van der Waals surface area contributed by atoms with Crippen LogP contribution in [0.15, 0.2) is 16.7 Å². The second kappa shape index (κ2) is 5.44. The predicted octanol–water partition coefficient (Wildman–Crippen LogP) is 2.66. The molecule has 0 unspecified atom stereocenters. The number of pyridine rings is 1. The summed E-state index contributed by atoms with van der Waals surface area (Å²) in [4.78, 5) is 5.63. The number of hydrogen-bond donors (Lipinski definition) is 1. The van der Waals surface area contributed by atoms with Crippen molar-refractivity contribution in [2.45, 2.75) is 12.6 Å². The van der Waals surface area contributed by atoms with Gasteiger partial charge in [0, 0.05) is 30.3 Å². The van der Waals surface area contributed by atoms with Gasteiger partial charge in [-0.1, -0.05) is 0 Å². The van der Waals surface area contributed by atoms with E-state index < -0.39 is 11.7 Å². The fourth-order valence-corrected chi connectivity index (χ4v) is 2.28. The molecule has 0 amide bonds. The molecule has 1 N–H and O–H groups in total. The maximum Gasteiger partial charge on any atom is 0.419 e. The second-order valence-corrected chi connectivity index (χ2v) is 5.03. The summed E-state index contributed by atoms with van der Waals surface area (Å²) in [6, 6.07) is 1.08. The first-order valence-corrected chi connectivity index (χ1v) is 6.46. The minimum absolute atomic E-state index is 0.0226. The molecule has 1 fully saturated rings. The summed E-state index contributed by atoms with van der Waals surface area (Å²) in [6.07, 6.45) is -2.16. The molecule has 1 aliphatic rings. The van der Waals surface area contributed by atoms with Gasteiger partial charge in [-0.3, -0.25) is 0 Å². The molecule has 1 aliphatic heterocycles. The van der Waals surface area contributed by atoms with E-state index >= 15 is 0 Å². The molecule has 100 valence electrons. The molecule has 2 heterocycles. The number of halogens is 4. The zero-order valence-electron chi connectivity index (χ0n) is 9.60. The number of alkyl halides is 3. The van der Waals surface area contributed by atoms with Crippen LogP contribution < -0.4 is 10.2 Å². The van der Waals surface area contributed by atoms with Gasteiger partial charge >= 0.3 is 6.18 Å². The molecule has 2 rings (SSSR count). The van der Waals surface area contributed by atoms with Gasteiger partial charge in [-0.15, -0.1) is 0 Å². The summed E-state index contributed by atoms with van der Waals surface area (Å²) in [6.45, 7) is 2.63. The molecule has 0 aromatic carbocycles. The maximum atomic E-state index is 13.0. The van der Waals surface area contributed by atoms with Gasteiger partial charge < -0.3 is 10.2 Å². The zero-order valence-corrected chi connectivity index (χ0v) is 11.2. The SMILES string of the molecule is FC(F)(F)c1cc(Br)cnc1N1CCCNCC1. The molecule has 18 heavy (non-hydrogen) atoms. The van der Waals surface area contributed by atoms with E-state index in [0.29, 0.717) is 24.1 Å². The Bertz CT molecular complexity index is 414. The highest BCUT2D eigenvalue weighted by atomic mass is 79.9. The van der Waals surface area contributed by atoms with Crippen LogP contribution in [0.25, 0.3) is 0 Å². The van der Waals surface area contributed by atoms with E-state index in [1.165, 1.54) is 6.20 Å². The monoisotopic (exact) mass is 323 g/mol. The van der Waals surface area contributed by atoms with Gasteiger partial charge in [-0.05, 0) is 35.0 Å². The molecule has 0 bridgehead atoms. The largest absolute Gasteiger partial charge is 0.419 e. The van der Waals surface area contributed by atoms with Crippen LogP contribution in [0, 0.1) is 0 Å². The third-order valence-corrected chi connectivity index (χ3v) is 3.21. The highest BCUT2D eigenvalue weighted by molar-refractivity contribution is 9.10. The lowest BCUT2D eigenvalue weighted by Gasteiger charge is -2.24. The third-order valence-electron chi connectivity index (χ3n) is 2.78. The molecular formula is C11H13BrF3N3. The summed E-state index contributed by atoms with van der Waals surface area (Å²) in [5, 5.41) is 3.16. The van der Waals surface area contributed by atoms with Crippen LogP contribution in [0.1, 0.15) is 12.0 Å². The molecule has 3 nitrogen and oxygen atoms in total. The van der Waals surface area contributed by atoms with Crippen molar-refractivity contribution in [2.24, 2.45) is 0 Å². The fourth-order valence-electron chi connectivity index (χ4n) is 1.95. The average molecular weight is 324 g/mol. The Hall–Kier alpha value is -0.820. The predicted molar refractivity (Wildman–Crippen MR) is 66.6 cm³/mol. The van der Waals surface area contributed by atoms with Crippen molar-refractivity contribution < 1.29 is 13.2 Å². The number of aromatic nitrogens is 1. The molecule has 1 aromatic rings. The van der Waals surface area contributed by atoms with E-state index in [-0.39, 0.29) is 5.82 Å². The van der Waals surface area contributed by atoms with Gasteiger partial charge in [0.25, 0.3) is 0 Å². The Labute approximate surface area is 112 Å². The van der Waals surface area contributed by atoms with E-state index in [0.717, 1.165) is 19.0 Å². The Kier molecular flexibility index (Phi) is 4.11. The molecule has 7 heteroatoms. The van der Waals surface area contributed by atoms with Crippen molar-refractivity contribution in [1.82, 2.24) is 10.3 Å². The minimum Gasteiger partial charge on any atom is -0.355 e. The quantitative estimate of drug-likeness (QED) is 0.861. The molecule has 0 saturated carbocycles. The molecule has 0 radical (unpaired) electrons. The summed E-state index contributed by atoms with van der Waals surface area (Å²) in [5.41, 5.74) is -0.682. The molecule has 0 spiro atoms. The lowest BCUT2D eigenvalue weighted by molar-refractivity contribution is -0.137. The smallest absolute Gasteiger partial charge is 0.355 e. The van der Waals surface area contributed by atoms with Crippen LogP contribution >= 0.6 is 15.9 Å². The summed E-state index contributed by atoms with van der Waals surface area (Å²) < 4.78 is 39.3. The average Bonchev–Trinajstić information content (AvgIpc) is 2.56. The van der Waals surface area contributed by atoms with Crippen LogP contribution in [0.4, 0.5) is 19.0 Å². The maximum absolute atomic E-state index is 13.0. The van der Waals surface area contributed by atoms with E-state index in [1.54, 1.807) is 4.90 Å². The van der Waals surface area contributed by atoms with Crippen LogP contribution in [0.2, 0.25) is 0 Å². The van der Waals surface area contributed by atoms with Crippen LogP contribution in [-0.2, 0) is 6.18 Å².